The summed E-state index contributed by atoms with van der Waals surface area (Å²) in [5.74, 6) is 1.82. The van der Waals surface area contributed by atoms with Gasteiger partial charge in [-0.05, 0) is 42.4 Å². The first-order chi connectivity index (χ1) is 9.69. The predicted octanol–water partition coefficient (Wildman–Crippen LogP) is 3.20. The maximum Gasteiger partial charge on any atom is 0.165 e. The molecule has 0 amide bonds. The van der Waals surface area contributed by atoms with E-state index in [1.54, 1.807) is 0 Å². The van der Waals surface area contributed by atoms with E-state index in [4.69, 9.17) is 10.7 Å². The van der Waals surface area contributed by atoms with Gasteiger partial charge in [0.2, 0.25) is 0 Å². The standard InChI is InChI=1S/C14H18IN5/c1-2-20-8-10(7-17-20)14-18-12(9-5-3-4-6-9)11(15)13(16)19-14/h7-9H,2-6H2,1H3,(H2,16,18,19). The minimum absolute atomic E-state index is 0.534. The number of hydrogen-bond acceptors (Lipinski definition) is 4. The SMILES string of the molecule is CCn1cc(-c2nc(N)c(I)c(C3CCCC3)n2)cn1. The molecule has 20 heavy (non-hydrogen) atoms. The molecular weight excluding hydrogens is 365 g/mol. The molecule has 2 heterocycles. The maximum absolute atomic E-state index is 6.08. The van der Waals surface area contributed by atoms with Gasteiger partial charge >= 0.3 is 0 Å². The van der Waals surface area contributed by atoms with Gasteiger partial charge in [0.1, 0.15) is 5.82 Å². The van der Waals surface area contributed by atoms with E-state index < -0.39 is 0 Å². The van der Waals surface area contributed by atoms with Crippen LogP contribution in [-0.4, -0.2) is 19.7 Å². The number of nitrogens with zero attached hydrogens (tertiary/aromatic N) is 4. The number of nitrogen functional groups attached to an aromatic ring is 1. The van der Waals surface area contributed by atoms with Crippen molar-refractivity contribution in [1.82, 2.24) is 19.7 Å². The van der Waals surface area contributed by atoms with Crippen molar-refractivity contribution < 1.29 is 0 Å². The highest BCUT2D eigenvalue weighted by atomic mass is 127. The van der Waals surface area contributed by atoms with Crippen molar-refractivity contribution >= 4 is 28.4 Å². The molecule has 2 N–H and O–H groups in total. The summed E-state index contributed by atoms with van der Waals surface area (Å²) in [6.07, 6.45) is 8.77. The zero-order valence-electron chi connectivity index (χ0n) is 11.5. The van der Waals surface area contributed by atoms with Gasteiger partial charge in [-0.1, -0.05) is 12.8 Å². The summed E-state index contributed by atoms with van der Waals surface area (Å²) < 4.78 is 2.89. The average Bonchev–Trinajstić information content (AvgIpc) is 3.11. The fraction of sp³-hybridized carbons (Fsp3) is 0.500. The molecule has 0 aromatic carbocycles. The maximum atomic E-state index is 6.08. The van der Waals surface area contributed by atoms with E-state index in [1.807, 2.05) is 17.1 Å². The largest absolute Gasteiger partial charge is 0.383 e. The number of aromatic nitrogens is 4. The summed E-state index contributed by atoms with van der Waals surface area (Å²) in [7, 11) is 0. The van der Waals surface area contributed by atoms with Crippen molar-refractivity contribution in [3.63, 3.8) is 0 Å². The van der Waals surface area contributed by atoms with Crippen LogP contribution in [-0.2, 0) is 6.54 Å². The lowest BCUT2D eigenvalue weighted by atomic mass is 10.0. The van der Waals surface area contributed by atoms with E-state index in [1.165, 1.54) is 25.7 Å². The number of anilines is 1. The molecule has 106 valence electrons. The van der Waals surface area contributed by atoms with E-state index in [-0.39, 0.29) is 0 Å². The molecule has 2 aromatic rings. The Morgan fingerprint density at radius 1 is 1.35 bits per heavy atom. The van der Waals surface area contributed by atoms with Gasteiger partial charge < -0.3 is 5.73 Å². The average molecular weight is 383 g/mol. The summed E-state index contributed by atoms with van der Waals surface area (Å²) in [6, 6.07) is 0. The van der Waals surface area contributed by atoms with E-state index in [2.05, 4.69) is 39.6 Å². The Bertz CT molecular complexity index is 616. The van der Waals surface area contributed by atoms with Crippen LogP contribution in [0.1, 0.15) is 44.2 Å². The van der Waals surface area contributed by atoms with Gasteiger partial charge in [-0.25, -0.2) is 9.97 Å². The van der Waals surface area contributed by atoms with Gasteiger partial charge in [0.25, 0.3) is 0 Å². The molecule has 6 heteroatoms. The van der Waals surface area contributed by atoms with Crippen molar-refractivity contribution in [2.45, 2.75) is 45.1 Å². The third-order valence-corrected chi connectivity index (χ3v) is 4.97. The van der Waals surface area contributed by atoms with Crippen molar-refractivity contribution in [3.05, 3.63) is 21.7 Å². The molecule has 1 aliphatic carbocycles. The zero-order valence-corrected chi connectivity index (χ0v) is 13.7. The quantitative estimate of drug-likeness (QED) is 0.827. The molecule has 0 aliphatic heterocycles. The first kappa shape index (κ1) is 13.8. The molecule has 5 nitrogen and oxygen atoms in total. The summed E-state index contributed by atoms with van der Waals surface area (Å²) >= 11 is 2.27. The van der Waals surface area contributed by atoms with Crippen LogP contribution in [0.2, 0.25) is 0 Å². The molecule has 0 spiro atoms. The first-order valence-electron chi connectivity index (χ1n) is 7.04. The van der Waals surface area contributed by atoms with Gasteiger partial charge in [-0.15, -0.1) is 0 Å². The predicted molar refractivity (Wildman–Crippen MR) is 87.3 cm³/mol. The topological polar surface area (TPSA) is 69.6 Å². The second-order valence-electron chi connectivity index (χ2n) is 5.20. The van der Waals surface area contributed by atoms with Crippen LogP contribution in [0.4, 0.5) is 5.82 Å². The highest BCUT2D eigenvalue weighted by molar-refractivity contribution is 14.1. The monoisotopic (exact) mass is 383 g/mol. The van der Waals surface area contributed by atoms with E-state index in [9.17, 15) is 0 Å². The lowest BCUT2D eigenvalue weighted by Gasteiger charge is -2.13. The van der Waals surface area contributed by atoms with E-state index in [0.29, 0.717) is 17.6 Å². The highest BCUT2D eigenvalue weighted by Gasteiger charge is 2.23. The fourth-order valence-corrected chi connectivity index (χ4v) is 3.42. The normalized spacial score (nSPS) is 15.9. The van der Waals surface area contributed by atoms with Crippen LogP contribution in [0.5, 0.6) is 0 Å². The molecule has 1 fully saturated rings. The van der Waals surface area contributed by atoms with E-state index in [0.717, 1.165) is 21.4 Å². The molecule has 0 radical (unpaired) electrons. The second-order valence-corrected chi connectivity index (χ2v) is 6.28. The third-order valence-electron chi connectivity index (χ3n) is 3.86. The molecular formula is C14H18IN5. The van der Waals surface area contributed by atoms with Crippen LogP contribution in [0.15, 0.2) is 12.4 Å². The summed E-state index contributed by atoms with van der Waals surface area (Å²) in [4.78, 5) is 9.21. The van der Waals surface area contributed by atoms with Crippen LogP contribution >= 0.6 is 22.6 Å². The number of rotatable bonds is 3. The first-order valence-corrected chi connectivity index (χ1v) is 8.12. The molecule has 0 saturated heterocycles. The van der Waals surface area contributed by atoms with Gasteiger partial charge in [0.15, 0.2) is 5.82 Å². The smallest absolute Gasteiger partial charge is 0.165 e. The Kier molecular flexibility index (Phi) is 3.91. The van der Waals surface area contributed by atoms with Crippen molar-refractivity contribution in [2.75, 3.05) is 5.73 Å². The Morgan fingerprint density at radius 2 is 2.10 bits per heavy atom. The van der Waals surface area contributed by atoms with Crippen molar-refractivity contribution in [1.29, 1.82) is 0 Å². The van der Waals surface area contributed by atoms with Gasteiger partial charge in [-0.2, -0.15) is 5.10 Å². The molecule has 0 bridgehead atoms. The summed E-state index contributed by atoms with van der Waals surface area (Å²) in [5, 5.41) is 4.28. The fourth-order valence-electron chi connectivity index (χ4n) is 2.73. The molecule has 0 atom stereocenters. The van der Waals surface area contributed by atoms with Gasteiger partial charge in [-0.3, -0.25) is 4.68 Å². The Morgan fingerprint density at radius 3 is 2.75 bits per heavy atom. The molecule has 2 aromatic heterocycles. The van der Waals surface area contributed by atoms with Gasteiger partial charge in [0.05, 0.1) is 21.0 Å². The van der Waals surface area contributed by atoms with Gasteiger partial charge in [0, 0.05) is 18.7 Å². The number of hydrogen-bond donors (Lipinski definition) is 1. The lowest BCUT2D eigenvalue weighted by molar-refractivity contribution is 0.660. The number of halogens is 1. The Labute approximate surface area is 132 Å². The highest BCUT2D eigenvalue weighted by Crippen LogP contribution is 2.37. The second kappa shape index (κ2) is 5.67. The van der Waals surface area contributed by atoms with Crippen LogP contribution in [0.3, 0.4) is 0 Å². The zero-order chi connectivity index (χ0) is 14.1. The number of nitrogens with two attached hydrogens (primary N) is 1. The van der Waals surface area contributed by atoms with Crippen LogP contribution < -0.4 is 5.73 Å². The number of aryl methyl sites for hydroxylation is 1. The van der Waals surface area contributed by atoms with Crippen LogP contribution in [0, 0.1) is 3.57 Å². The molecule has 1 saturated carbocycles. The van der Waals surface area contributed by atoms with Crippen LogP contribution in [0.25, 0.3) is 11.4 Å². The summed E-state index contributed by atoms with van der Waals surface area (Å²) in [5.41, 5.74) is 8.14. The minimum Gasteiger partial charge on any atom is -0.383 e. The third kappa shape index (κ3) is 2.53. The molecule has 1 aliphatic rings. The molecule has 0 unspecified atom stereocenters. The molecule has 3 rings (SSSR count). The Balaban J connectivity index is 2.03. The van der Waals surface area contributed by atoms with E-state index >= 15 is 0 Å². The minimum atomic E-state index is 0.534. The van der Waals surface area contributed by atoms with Crippen molar-refractivity contribution in [3.8, 4) is 11.4 Å². The summed E-state index contributed by atoms with van der Waals surface area (Å²) in [6.45, 7) is 2.90. The Hall–Kier alpha value is -1.18. The van der Waals surface area contributed by atoms with Crippen molar-refractivity contribution in [2.24, 2.45) is 0 Å². The lowest BCUT2D eigenvalue weighted by Crippen LogP contribution is -2.07.